The van der Waals surface area contributed by atoms with E-state index in [1.807, 2.05) is 0 Å². The molecule has 29 heavy (non-hydrogen) atoms. The minimum absolute atomic E-state index is 0.0267. The molecule has 1 saturated heterocycles. The highest BCUT2D eigenvalue weighted by molar-refractivity contribution is 6.46. The number of benzene rings is 1. The van der Waals surface area contributed by atoms with Crippen LogP contribution in [0.15, 0.2) is 67.0 Å². The van der Waals surface area contributed by atoms with Crippen molar-refractivity contribution in [3.8, 4) is 5.75 Å². The van der Waals surface area contributed by atoms with Crippen LogP contribution in [0.1, 0.15) is 17.2 Å². The van der Waals surface area contributed by atoms with E-state index in [0.717, 1.165) is 0 Å². The molecule has 1 aliphatic heterocycles. The van der Waals surface area contributed by atoms with Gasteiger partial charge in [-0.05, 0) is 35.9 Å². The van der Waals surface area contributed by atoms with Crippen molar-refractivity contribution in [2.45, 2.75) is 6.04 Å². The van der Waals surface area contributed by atoms with Gasteiger partial charge >= 0.3 is 0 Å². The normalized spacial score (nSPS) is 18.1. The van der Waals surface area contributed by atoms with Crippen LogP contribution >= 0.6 is 0 Å². The number of likely N-dealkylation sites (tertiary alicyclic amines) is 1. The van der Waals surface area contributed by atoms with E-state index >= 15 is 0 Å². The molecule has 1 aromatic heterocycles. The van der Waals surface area contributed by atoms with Crippen molar-refractivity contribution in [1.82, 2.24) is 9.88 Å². The number of hydrogen-bond donors (Lipinski definition) is 1. The first-order chi connectivity index (χ1) is 14.1. The first-order valence-corrected chi connectivity index (χ1v) is 9.10. The number of carbonyl (C=O) groups is 2. The average molecular weight is 394 g/mol. The summed E-state index contributed by atoms with van der Waals surface area (Å²) in [5, 5.41) is 10.9. The standard InChI is InChI=1S/C22H22N2O5/c1-3-12-29-17-8-6-15(7-9-17)20(25)18-19(16-5-4-10-23-14-16)24(11-13-28-2)22(27)21(18)26/h3-10,14,19,25H,1,11-13H2,2H3/t19-/m0/s1. The summed E-state index contributed by atoms with van der Waals surface area (Å²) in [7, 11) is 1.52. The Labute approximate surface area is 168 Å². The lowest BCUT2D eigenvalue weighted by Gasteiger charge is -2.24. The molecule has 0 aliphatic carbocycles. The Balaban J connectivity index is 2.04. The lowest BCUT2D eigenvalue weighted by atomic mass is 9.96. The lowest BCUT2D eigenvalue weighted by Crippen LogP contribution is -2.32. The van der Waals surface area contributed by atoms with Crippen LogP contribution in [0, 0.1) is 0 Å². The summed E-state index contributed by atoms with van der Waals surface area (Å²) in [6, 6.07) is 9.38. The molecule has 1 amide bonds. The molecule has 1 N–H and O–H groups in total. The number of ketones is 1. The van der Waals surface area contributed by atoms with Gasteiger partial charge in [0.25, 0.3) is 11.7 Å². The number of nitrogens with zero attached hydrogens (tertiary/aromatic N) is 2. The zero-order chi connectivity index (χ0) is 20.8. The summed E-state index contributed by atoms with van der Waals surface area (Å²) in [5.41, 5.74) is 1.07. The maximum absolute atomic E-state index is 12.8. The molecule has 1 aliphatic rings. The van der Waals surface area contributed by atoms with E-state index in [9.17, 15) is 14.7 Å². The molecule has 1 aromatic carbocycles. The topological polar surface area (TPSA) is 89.0 Å². The lowest BCUT2D eigenvalue weighted by molar-refractivity contribution is -0.140. The van der Waals surface area contributed by atoms with Crippen LogP contribution in [0.3, 0.4) is 0 Å². The highest BCUT2D eigenvalue weighted by Crippen LogP contribution is 2.39. The summed E-state index contributed by atoms with van der Waals surface area (Å²) in [4.78, 5) is 30.9. The number of amides is 1. The Bertz CT molecular complexity index is 922. The van der Waals surface area contributed by atoms with E-state index in [2.05, 4.69) is 11.6 Å². The van der Waals surface area contributed by atoms with Gasteiger partial charge in [0, 0.05) is 31.6 Å². The van der Waals surface area contributed by atoms with Gasteiger partial charge in [-0.1, -0.05) is 18.7 Å². The van der Waals surface area contributed by atoms with E-state index in [1.54, 1.807) is 54.9 Å². The van der Waals surface area contributed by atoms with Gasteiger partial charge in [-0.15, -0.1) is 0 Å². The maximum atomic E-state index is 12.8. The molecule has 0 bridgehead atoms. The molecule has 7 heteroatoms. The molecule has 1 atom stereocenters. The Morgan fingerprint density at radius 3 is 2.66 bits per heavy atom. The molecule has 0 spiro atoms. The number of rotatable bonds is 8. The molecule has 7 nitrogen and oxygen atoms in total. The van der Waals surface area contributed by atoms with E-state index in [1.165, 1.54) is 12.0 Å². The second-order valence-corrected chi connectivity index (χ2v) is 6.40. The zero-order valence-corrected chi connectivity index (χ0v) is 16.1. The fourth-order valence-corrected chi connectivity index (χ4v) is 3.20. The van der Waals surface area contributed by atoms with Crippen molar-refractivity contribution in [2.75, 3.05) is 26.9 Å². The van der Waals surface area contributed by atoms with Crippen molar-refractivity contribution < 1.29 is 24.2 Å². The number of ether oxygens (including phenoxy) is 2. The second kappa shape index (κ2) is 9.16. The van der Waals surface area contributed by atoms with Gasteiger partial charge in [0.2, 0.25) is 0 Å². The number of pyridine rings is 1. The number of carbonyl (C=O) groups excluding carboxylic acids is 2. The van der Waals surface area contributed by atoms with E-state index < -0.39 is 17.7 Å². The first-order valence-electron chi connectivity index (χ1n) is 9.10. The Hall–Kier alpha value is -3.45. The van der Waals surface area contributed by atoms with Gasteiger partial charge in [-0.25, -0.2) is 0 Å². The predicted molar refractivity (Wildman–Crippen MR) is 107 cm³/mol. The summed E-state index contributed by atoms with van der Waals surface area (Å²) in [6.07, 6.45) is 4.81. The van der Waals surface area contributed by atoms with Crippen LogP contribution in [-0.4, -0.2) is 53.5 Å². The maximum Gasteiger partial charge on any atom is 0.295 e. The number of aromatic nitrogens is 1. The summed E-state index contributed by atoms with van der Waals surface area (Å²) >= 11 is 0. The van der Waals surface area contributed by atoms with Crippen molar-refractivity contribution in [3.05, 3.63) is 78.1 Å². The zero-order valence-electron chi connectivity index (χ0n) is 16.1. The van der Waals surface area contributed by atoms with Gasteiger partial charge in [0.15, 0.2) is 0 Å². The summed E-state index contributed by atoms with van der Waals surface area (Å²) in [5.74, 6) is -1.05. The number of methoxy groups -OCH3 is 1. The Kier molecular flexibility index (Phi) is 6.41. The predicted octanol–water partition coefficient (Wildman–Crippen LogP) is 2.71. The smallest absolute Gasteiger partial charge is 0.295 e. The third-order valence-corrected chi connectivity index (χ3v) is 4.57. The second-order valence-electron chi connectivity index (χ2n) is 6.40. The van der Waals surface area contributed by atoms with E-state index in [-0.39, 0.29) is 24.5 Å². The molecule has 0 unspecified atom stereocenters. The number of aliphatic hydroxyl groups excluding tert-OH is 1. The highest BCUT2D eigenvalue weighted by atomic mass is 16.5. The van der Waals surface area contributed by atoms with Crippen molar-refractivity contribution in [2.24, 2.45) is 0 Å². The molecule has 3 rings (SSSR count). The van der Waals surface area contributed by atoms with Crippen LogP contribution < -0.4 is 4.74 Å². The van der Waals surface area contributed by atoms with Gasteiger partial charge in [-0.3, -0.25) is 14.6 Å². The molecule has 0 radical (unpaired) electrons. The fraction of sp³-hybridized carbons (Fsp3) is 0.227. The van der Waals surface area contributed by atoms with Gasteiger partial charge < -0.3 is 19.5 Å². The van der Waals surface area contributed by atoms with Crippen molar-refractivity contribution in [1.29, 1.82) is 0 Å². The van der Waals surface area contributed by atoms with E-state index in [0.29, 0.717) is 23.5 Å². The summed E-state index contributed by atoms with van der Waals surface area (Å²) < 4.78 is 10.5. The molecular weight excluding hydrogens is 372 g/mol. The van der Waals surface area contributed by atoms with Crippen LogP contribution in [0.4, 0.5) is 0 Å². The fourth-order valence-electron chi connectivity index (χ4n) is 3.20. The van der Waals surface area contributed by atoms with Crippen molar-refractivity contribution in [3.63, 3.8) is 0 Å². The third kappa shape index (κ3) is 4.20. The monoisotopic (exact) mass is 394 g/mol. The minimum Gasteiger partial charge on any atom is -0.507 e. The first kappa shape index (κ1) is 20.3. The van der Waals surface area contributed by atoms with Crippen LogP contribution in [0.25, 0.3) is 5.76 Å². The molecule has 0 saturated carbocycles. The molecule has 1 fully saturated rings. The quantitative estimate of drug-likeness (QED) is 0.321. The van der Waals surface area contributed by atoms with Crippen LogP contribution in [0.5, 0.6) is 5.75 Å². The molecule has 2 aromatic rings. The van der Waals surface area contributed by atoms with Gasteiger partial charge in [0.05, 0.1) is 18.2 Å². The van der Waals surface area contributed by atoms with Gasteiger partial charge in [0.1, 0.15) is 18.1 Å². The Morgan fingerprint density at radius 1 is 1.28 bits per heavy atom. The molecular formula is C22H22N2O5. The van der Waals surface area contributed by atoms with Gasteiger partial charge in [-0.2, -0.15) is 0 Å². The number of aliphatic hydroxyl groups is 1. The molecule has 2 heterocycles. The number of Topliss-reactive ketones (excluding diaryl/α,β-unsaturated/α-hetero) is 1. The third-order valence-electron chi connectivity index (χ3n) is 4.57. The summed E-state index contributed by atoms with van der Waals surface area (Å²) in [6.45, 7) is 4.43. The number of hydrogen-bond acceptors (Lipinski definition) is 6. The van der Waals surface area contributed by atoms with Crippen molar-refractivity contribution >= 4 is 17.4 Å². The van der Waals surface area contributed by atoms with Crippen LogP contribution in [0.2, 0.25) is 0 Å². The largest absolute Gasteiger partial charge is 0.507 e. The average Bonchev–Trinajstić information content (AvgIpc) is 3.01. The Morgan fingerprint density at radius 2 is 2.03 bits per heavy atom. The van der Waals surface area contributed by atoms with Crippen LogP contribution in [-0.2, 0) is 14.3 Å². The minimum atomic E-state index is -0.740. The SMILES string of the molecule is C=CCOc1ccc(C(O)=C2C(=O)C(=O)N(CCOC)[C@H]2c2cccnc2)cc1. The highest BCUT2D eigenvalue weighted by Gasteiger charge is 2.45. The van der Waals surface area contributed by atoms with E-state index in [4.69, 9.17) is 9.47 Å². The molecule has 150 valence electrons.